The fourth-order valence-electron chi connectivity index (χ4n) is 6.91. The highest BCUT2D eigenvalue weighted by atomic mass is 16.8. The zero-order valence-electron chi connectivity index (χ0n) is 31.5. The molecule has 1 saturated carbocycles. The molecule has 2 aliphatic heterocycles. The van der Waals surface area contributed by atoms with E-state index in [4.69, 9.17) is 51.4 Å². The van der Waals surface area contributed by atoms with Crippen molar-refractivity contribution in [3.05, 3.63) is 42.0 Å². The summed E-state index contributed by atoms with van der Waals surface area (Å²) in [6.45, 7) is 2.30. The molecular weight excluding hydrogens is 758 g/mol. The molecule has 17 N–H and O–H groups in total. The van der Waals surface area contributed by atoms with E-state index in [-0.39, 0.29) is 6.29 Å². The third-order valence-corrected chi connectivity index (χ3v) is 10.3. The second kappa shape index (κ2) is 19.0. The predicted octanol–water partition coefficient (Wildman–Crippen LogP) is -4.91. The fourth-order valence-corrected chi connectivity index (χ4v) is 6.91. The summed E-state index contributed by atoms with van der Waals surface area (Å²) in [5.74, 6) is -1.65. The second-order valence-corrected chi connectivity index (χ2v) is 14.0. The highest BCUT2D eigenvalue weighted by Crippen LogP contribution is 2.38. The van der Waals surface area contributed by atoms with Gasteiger partial charge in [-0.1, -0.05) is 24.3 Å². The van der Waals surface area contributed by atoms with E-state index in [0.717, 1.165) is 22.1 Å². The summed E-state index contributed by atoms with van der Waals surface area (Å²) in [4.78, 5) is 26.7. The minimum atomic E-state index is -2.39. The Morgan fingerprint density at radius 2 is 1.61 bits per heavy atom. The molecule has 22 nitrogen and oxygen atoms in total. The van der Waals surface area contributed by atoms with Crippen molar-refractivity contribution in [3.8, 4) is 5.75 Å². The molecule has 318 valence electrons. The predicted molar refractivity (Wildman–Crippen MR) is 199 cm³/mol. The number of nitrogens with one attached hydrogen (secondary N) is 3. The second-order valence-electron chi connectivity index (χ2n) is 14.0. The van der Waals surface area contributed by atoms with Crippen LogP contribution in [0.25, 0.3) is 10.8 Å². The minimum absolute atomic E-state index is 0.138. The smallest absolute Gasteiger partial charge is 0.310 e. The van der Waals surface area contributed by atoms with Gasteiger partial charge in [0, 0.05) is 0 Å². The SMILES string of the molecule is CN[C@@H]1[C@H](O[C@H]2[C@H](O[C@H]3[C@H](O)[C@@H](O)[C@H](N=C(N)N)[C@@H](O)[C@@H]3NC(=N)N)O[C@@H](C)[C@]2(O)C=O)O[C@@H](CO)[C@H](O)[C@H]1O.COc1ccc2cc([C@H](C)C(=O)O)ccc2c1. The molecule has 2 heterocycles. The van der Waals surface area contributed by atoms with Gasteiger partial charge >= 0.3 is 5.97 Å². The van der Waals surface area contributed by atoms with Crippen LogP contribution in [0.15, 0.2) is 41.4 Å². The number of carboxylic acid groups (broad SMARTS) is 1. The van der Waals surface area contributed by atoms with Crippen LogP contribution in [0.3, 0.4) is 0 Å². The topological polar surface area (TPSA) is 380 Å². The summed E-state index contributed by atoms with van der Waals surface area (Å²) >= 11 is 0. The molecule has 2 aromatic rings. The molecule has 5 rings (SSSR count). The summed E-state index contributed by atoms with van der Waals surface area (Å²) in [7, 11) is 3.04. The Morgan fingerprint density at radius 3 is 2.18 bits per heavy atom. The fraction of sp³-hybridized carbons (Fsp3) is 0.600. The molecule has 3 fully saturated rings. The molecule has 22 heteroatoms. The molecule has 2 aromatic carbocycles. The number of carbonyl (C=O) groups is 2. The third kappa shape index (κ3) is 9.71. The number of aliphatic carboxylic acids is 1. The van der Waals surface area contributed by atoms with Crippen molar-refractivity contribution in [1.82, 2.24) is 10.6 Å². The van der Waals surface area contributed by atoms with E-state index in [1.54, 1.807) is 14.0 Å². The zero-order chi connectivity index (χ0) is 42.5. The Kier molecular flexibility index (Phi) is 15.1. The number of hydrogen-bond donors (Lipinski definition) is 14. The maximum atomic E-state index is 12.1. The summed E-state index contributed by atoms with van der Waals surface area (Å²) in [6.07, 6.45) is -17.3. The Labute approximate surface area is 326 Å². The number of aliphatic hydroxyl groups is 7. The van der Waals surface area contributed by atoms with Crippen molar-refractivity contribution in [2.45, 2.75) is 111 Å². The molecule has 16 atom stereocenters. The quantitative estimate of drug-likeness (QED) is 0.0542. The number of carbonyl (C=O) groups excluding carboxylic acids is 1. The van der Waals surface area contributed by atoms with Crippen molar-refractivity contribution < 1.29 is 74.1 Å². The highest BCUT2D eigenvalue weighted by Gasteiger charge is 2.60. The molecular formula is C35H53N7O15. The van der Waals surface area contributed by atoms with Crippen LogP contribution in [-0.2, 0) is 28.5 Å². The minimum Gasteiger partial charge on any atom is -0.497 e. The molecule has 0 spiro atoms. The number of fused-ring (bicyclic) bond motifs is 1. The first-order valence-electron chi connectivity index (χ1n) is 17.8. The number of benzene rings is 2. The zero-order valence-corrected chi connectivity index (χ0v) is 31.5. The highest BCUT2D eigenvalue weighted by molar-refractivity contribution is 5.86. The number of hydrogen-bond acceptors (Lipinski definition) is 17. The molecule has 0 amide bonds. The van der Waals surface area contributed by atoms with E-state index in [9.17, 15) is 45.3 Å². The van der Waals surface area contributed by atoms with E-state index in [1.165, 1.54) is 14.0 Å². The van der Waals surface area contributed by atoms with Crippen molar-refractivity contribution in [3.63, 3.8) is 0 Å². The first-order chi connectivity index (χ1) is 26.8. The molecule has 2 saturated heterocycles. The molecule has 0 unspecified atom stereocenters. The number of aldehydes is 1. The third-order valence-electron chi connectivity index (χ3n) is 10.3. The number of guanidine groups is 2. The first kappa shape index (κ1) is 45.4. The van der Waals surface area contributed by atoms with Gasteiger partial charge in [0.2, 0.25) is 0 Å². The van der Waals surface area contributed by atoms with Gasteiger partial charge in [0.05, 0.1) is 37.8 Å². The van der Waals surface area contributed by atoms with Gasteiger partial charge in [-0.3, -0.25) is 15.0 Å². The number of ether oxygens (including phenoxy) is 5. The lowest BCUT2D eigenvalue weighted by Gasteiger charge is -2.46. The van der Waals surface area contributed by atoms with Gasteiger partial charge in [-0.25, -0.2) is 4.99 Å². The van der Waals surface area contributed by atoms with Crippen LogP contribution in [0, 0.1) is 5.41 Å². The van der Waals surface area contributed by atoms with Gasteiger partial charge < -0.3 is 92.4 Å². The summed E-state index contributed by atoms with van der Waals surface area (Å²) < 4.78 is 28.1. The van der Waals surface area contributed by atoms with E-state index in [1.807, 2.05) is 36.4 Å². The monoisotopic (exact) mass is 811 g/mol. The van der Waals surface area contributed by atoms with Crippen molar-refractivity contribution in [2.24, 2.45) is 22.2 Å². The van der Waals surface area contributed by atoms with Gasteiger partial charge in [0.15, 0.2) is 36.4 Å². The maximum Gasteiger partial charge on any atom is 0.310 e. The lowest BCUT2D eigenvalue weighted by Crippen LogP contribution is -2.70. The number of nitrogens with two attached hydrogens (primary N) is 3. The number of aliphatic hydroxyl groups excluding tert-OH is 6. The van der Waals surface area contributed by atoms with Crippen LogP contribution in [0.2, 0.25) is 0 Å². The van der Waals surface area contributed by atoms with E-state index < -0.39 is 122 Å². The van der Waals surface area contributed by atoms with Gasteiger partial charge in [-0.2, -0.15) is 0 Å². The lowest BCUT2D eigenvalue weighted by atomic mass is 9.81. The number of likely N-dealkylation sites (N-methyl/N-ethyl adjacent to an activating group) is 1. The number of carboxylic acids is 1. The Balaban J connectivity index is 0.000000350. The van der Waals surface area contributed by atoms with Crippen LogP contribution in [0.5, 0.6) is 5.75 Å². The van der Waals surface area contributed by atoms with Crippen molar-refractivity contribution >= 4 is 34.9 Å². The molecule has 57 heavy (non-hydrogen) atoms. The summed E-state index contributed by atoms with van der Waals surface area (Å²) in [5, 5.41) is 97.7. The number of rotatable bonds is 12. The largest absolute Gasteiger partial charge is 0.497 e. The maximum absolute atomic E-state index is 12.1. The first-order valence-corrected chi connectivity index (χ1v) is 17.8. The molecule has 0 aromatic heterocycles. The van der Waals surface area contributed by atoms with Crippen LogP contribution >= 0.6 is 0 Å². The number of nitrogens with zero attached hydrogens (tertiary/aromatic N) is 1. The Hall–Kier alpha value is -4.30. The van der Waals surface area contributed by atoms with Crippen molar-refractivity contribution in [1.29, 1.82) is 5.41 Å². The van der Waals surface area contributed by atoms with E-state index in [2.05, 4.69) is 15.6 Å². The van der Waals surface area contributed by atoms with Gasteiger partial charge in [-0.15, -0.1) is 0 Å². The van der Waals surface area contributed by atoms with Crippen LogP contribution in [0.1, 0.15) is 25.3 Å². The average Bonchev–Trinajstić information content (AvgIpc) is 3.41. The van der Waals surface area contributed by atoms with Gasteiger partial charge in [-0.05, 0) is 49.4 Å². The summed E-state index contributed by atoms with van der Waals surface area (Å²) in [6, 6.07) is 7.41. The van der Waals surface area contributed by atoms with Crippen LogP contribution in [0.4, 0.5) is 0 Å². The Morgan fingerprint density at radius 1 is 0.965 bits per heavy atom. The van der Waals surface area contributed by atoms with Gasteiger partial charge in [0.1, 0.15) is 60.6 Å². The average molecular weight is 812 g/mol. The molecule has 0 bridgehead atoms. The lowest BCUT2D eigenvalue weighted by molar-refractivity contribution is -0.314. The van der Waals surface area contributed by atoms with Crippen LogP contribution < -0.4 is 32.6 Å². The number of methoxy groups -OCH3 is 1. The molecule has 1 aliphatic carbocycles. The number of aliphatic imine (C=N–C) groups is 1. The van der Waals surface area contributed by atoms with E-state index >= 15 is 0 Å². The van der Waals surface area contributed by atoms with E-state index in [0.29, 0.717) is 0 Å². The Bertz CT molecular complexity index is 1740. The standard InChI is InChI=1S/C21H39N7O12.C14H14O3/c1-5-21(36,4-30)16(40-17-9(26-2)13(34)10(31)6(3-29)38-17)18(37-5)39-15-8(28-20(24)25)11(32)7(27-19(22)23)12(33)14(15)35;1-9(14(15)16)10-3-4-12-8-13(17-2)6-5-11(12)7-10/h4-18,26,29,31-36H,3H2,1-2H3,(H4,22,23,27)(H4,24,25,28);3-9H,1-2H3,(H,15,16)/t5-,6-,7+,8-,9-,10-,11+,12-,13-,14+,15+,16-,17-,18-,21+;9-/m00/s1. The van der Waals surface area contributed by atoms with Crippen molar-refractivity contribution in [2.75, 3.05) is 20.8 Å². The molecule has 3 aliphatic rings. The molecule has 0 radical (unpaired) electrons. The summed E-state index contributed by atoms with van der Waals surface area (Å²) in [5.41, 5.74) is 14.6. The van der Waals surface area contributed by atoms with Gasteiger partial charge in [0.25, 0.3) is 0 Å². The normalized spacial score (nSPS) is 37.0. The van der Waals surface area contributed by atoms with Crippen LogP contribution in [-0.4, -0.2) is 177 Å².